The minimum atomic E-state index is 0.148. The molecule has 1 amide bonds. The second-order valence-corrected chi connectivity index (χ2v) is 5.82. The molecule has 0 bridgehead atoms. The third-order valence-corrected chi connectivity index (χ3v) is 3.71. The van der Waals surface area contributed by atoms with Gasteiger partial charge in [-0.15, -0.1) is 0 Å². The van der Waals surface area contributed by atoms with Crippen LogP contribution in [0.15, 0.2) is 0 Å². The van der Waals surface area contributed by atoms with Crippen LogP contribution in [0.4, 0.5) is 0 Å². The molecule has 0 aromatic rings. The van der Waals surface area contributed by atoms with Gasteiger partial charge in [-0.1, -0.05) is 12.8 Å². The van der Waals surface area contributed by atoms with Crippen LogP contribution < -0.4 is 10.6 Å². The van der Waals surface area contributed by atoms with Gasteiger partial charge < -0.3 is 10.6 Å². The van der Waals surface area contributed by atoms with Crippen molar-refractivity contribution in [3.8, 4) is 0 Å². The maximum absolute atomic E-state index is 11.4. The third-order valence-electron chi connectivity index (χ3n) is 3.01. The second kappa shape index (κ2) is 9.77. The van der Waals surface area contributed by atoms with Gasteiger partial charge in [0.1, 0.15) is 0 Å². The number of hydrogen-bond donors (Lipinski definition) is 2. The van der Waals surface area contributed by atoms with Gasteiger partial charge in [0.2, 0.25) is 5.91 Å². The molecule has 1 fully saturated rings. The van der Waals surface area contributed by atoms with Gasteiger partial charge in [-0.05, 0) is 50.2 Å². The van der Waals surface area contributed by atoms with Crippen LogP contribution >= 0.6 is 11.8 Å². The highest BCUT2D eigenvalue weighted by molar-refractivity contribution is 7.98. The van der Waals surface area contributed by atoms with Crippen molar-refractivity contribution >= 4 is 17.7 Å². The highest BCUT2D eigenvalue weighted by Gasteiger charge is 2.20. The minimum Gasteiger partial charge on any atom is -0.355 e. The second-order valence-electron chi connectivity index (χ2n) is 4.83. The summed E-state index contributed by atoms with van der Waals surface area (Å²) in [5.41, 5.74) is 0. The van der Waals surface area contributed by atoms with E-state index in [1.54, 1.807) is 0 Å². The first-order valence-corrected chi connectivity index (χ1v) is 8.18. The van der Waals surface area contributed by atoms with Gasteiger partial charge in [-0.3, -0.25) is 4.79 Å². The predicted molar refractivity (Wildman–Crippen MR) is 75.5 cm³/mol. The maximum atomic E-state index is 11.4. The zero-order chi connectivity index (χ0) is 12.3. The first kappa shape index (κ1) is 14.8. The molecule has 3 nitrogen and oxygen atoms in total. The van der Waals surface area contributed by atoms with Crippen LogP contribution in [-0.2, 0) is 4.79 Å². The molecule has 0 aromatic carbocycles. The molecule has 0 aliphatic heterocycles. The summed E-state index contributed by atoms with van der Waals surface area (Å²) in [7, 11) is 0. The molecule has 0 heterocycles. The summed E-state index contributed by atoms with van der Waals surface area (Å²) in [5.74, 6) is 2.26. The van der Waals surface area contributed by atoms with Crippen LogP contribution in [0.5, 0.6) is 0 Å². The van der Waals surface area contributed by atoms with Crippen molar-refractivity contribution < 1.29 is 4.79 Å². The molecule has 0 unspecified atom stereocenters. The Labute approximate surface area is 109 Å². The van der Waals surface area contributed by atoms with Crippen molar-refractivity contribution in [3.05, 3.63) is 0 Å². The van der Waals surface area contributed by atoms with E-state index in [9.17, 15) is 4.79 Å². The van der Waals surface area contributed by atoms with E-state index in [4.69, 9.17) is 0 Å². The fraction of sp³-hybridized carbons (Fsp3) is 0.923. The minimum absolute atomic E-state index is 0.148. The Morgan fingerprint density at radius 3 is 2.71 bits per heavy atom. The lowest BCUT2D eigenvalue weighted by atomic mass is 10.2. The zero-order valence-corrected chi connectivity index (χ0v) is 11.8. The Hall–Kier alpha value is -0.220. The van der Waals surface area contributed by atoms with Crippen LogP contribution in [-0.4, -0.2) is 37.6 Å². The number of rotatable bonds is 11. The molecule has 100 valence electrons. The molecule has 2 N–H and O–H groups in total. The van der Waals surface area contributed by atoms with E-state index < -0.39 is 0 Å². The lowest BCUT2D eigenvalue weighted by Gasteiger charge is -2.06. The van der Waals surface area contributed by atoms with Crippen LogP contribution in [0.25, 0.3) is 0 Å². The molecule has 0 spiro atoms. The van der Waals surface area contributed by atoms with Gasteiger partial charge in [-0.2, -0.15) is 11.8 Å². The fourth-order valence-corrected chi connectivity index (χ4v) is 2.22. The van der Waals surface area contributed by atoms with Crippen LogP contribution in [0.3, 0.4) is 0 Å². The standard InChI is InChI=1S/C13H26N2OS/c1-17-9-5-3-2-4-8-15-13(16)11-14-10-12-6-7-12/h12,14H,2-11H2,1H3,(H,15,16). The number of amides is 1. The van der Waals surface area contributed by atoms with E-state index in [1.165, 1.54) is 37.9 Å². The summed E-state index contributed by atoms with van der Waals surface area (Å²) < 4.78 is 0. The molecule has 1 saturated carbocycles. The summed E-state index contributed by atoms with van der Waals surface area (Å²) >= 11 is 1.91. The normalized spacial score (nSPS) is 14.9. The molecule has 4 heteroatoms. The molecule has 1 rings (SSSR count). The van der Waals surface area contributed by atoms with Crippen LogP contribution in [0.2, 0.25) is 0 Å². The van der Waals surface area contributed by atoms with Crippen LogP contribution in [0, 0.1) is 5.92 Å². The monoisotopic (exact) mass is 258 g/mol. The van der Waals surface area contributed by atoms with E-state index in [-0.39, 0.29) is 5.91 Å². The quantitative estimate of drug-likeness (QED) is 0.557. The smallest absolute Gasteiger partial charge is 0.233 e. The Morgan fingerprint density at radius 2 is 2.00 bits per heavy atom. The molecule has 0 radical (unpaired) electrons. The Bertz CT molecular complexity index is 208. The van der Waals surface area contributed by atoms with Crippen molar-refractivity contribution in [1.29, 1.82) is 0 Å². The molecular weight excluding hydrogens is 232 g/mol. The Morgan fingerprint density at radius 1 is 1.24 bits per heavy atom. The summed E-state index contributed by atoms with van der Waals surface area (Å²) in [4.78, 5) is 11.4. The van der Waals surface area contributed by atoms with Crippen molar-refractivity contribution in [2.75, 3.05) is 31.6 Å². The molecule has 1 aliphatic rings. The van der Waals surface area contributed by atoms with E-state index in [0.717, 1.165) is 25.4 Å². The topological polar surface area (TPSA) is 41.1 Å². The Kier molecular flexibility index (Phi) is 8.53. The predicted octanol–water partition coefficient (Wildman–Crippen LogP) is 2.03. The van der Waals surface area contributed by atoms with Crippen molar-refractivity contribution in [3.63, 3.8) is 0 Å². The van der Waals surface area contributed by atoms with E-state index >= 15 is 0 Å². The lowest BCUT2D eigenvalue weighted by molar-refractivity contribution is -0.120. The van der Waals surface area contributed by atoms with Gasteiger partial charge in [-0.25, -0.2) is 0 Å². The van der Waals surface area contributed by atoms with Gasteiger partial charge >= 0.3 is 0 Å². The molecule has 17 heavy (non-hydrogen) atoms. The van der Waals surface area contributed by atoms with E-state index in [2.05, 4.69) is 16.9 Å². The summed E-state index contributed by atoms with van der Waals surface area (Å²) in [5, 5.41) is 6.16. The van der Waals surface area contributed by atoms with Gasteiger partial charge in [0.05, 0.1) is 6.54 Å². The zero-order valence-electron chi connectivity index (χ0n) is 11.0. The average Bonchev–Trinajstić information content (AvgIpc) is 3.12. The van der Waals surface area contributed by atoms with Gasteiger partial charge in [0.25, 0.3) is 0 Å². The average molecular weight is 258 g/mol. The summed E-state index contributed by atoms with van der Waals surface area (Å²) in [6, 6.07) is 0. The number of thioether (sulfide) groups is 1. The first-order chi connectivity index (χ1) is 8.33. The van der Waals surface area contributed by atoms with Crippen molar-refractivity contribution in [1.82, 2.24) is 10.6 Å². The third kappa shape index (κ3) is 9.48. The highest BCUT2D eigenvalue weighted by Crippen LogP contribution is 2.27. The first-order valence-electron chi connectivity index (χ1n) is 6.79. The number of unbranched alkanes of at least 4 members (excludes halogenated alkanes) is 3. The number of carbonyl (C=O) groups excluding carboxylic acids is 1. The lowest BCUT2D eigenvalue weighted by Crippen LogP contribution is -2.35. The van der Waals surface area contributed by atoms with Crippen LogP contribution in [0.1, 0.15) is 38.5 Å². The Balaban J connectivity index is 1.76. The van der Waals surface area contributed by atoms with Crippen molar-refractivity contribution in [2.24, 2.45) is 5.92 Å². The van der Waals surface area contributed by atoms with Crippen molar-refractivity contribution in [2.45, 2.75) is 38.5 Å². The number of nitrogens with one attached hydrogen (secondary N) is 2. The van der Waals surface area contributed by atoms with E-state index in [0.29, 0.717) is 6.54 Å². The number of carbonyl (C=O) groups is 1. The largest absolute Gasteiger partial charge is 0.355 e. The van der Waals surface area contributed by atoms with E-state index in [1.807, 2.05) is 11.8 Å². The molecule has 1 aliphatic carbocycles. The summed E-state index contributed by atoms with van der Waals surface area (Å²) in [6.07, 6.45) is 9.76. The molecule has 0 atom stereocenters. The summed E-state index contributed by atoms with van der Waals surface area (Å²) in [6.45, 7) is 2.34. The highest BCUT2D eigenvalue weighted by atomic mass is 32.2. The molecule has 0 saturated heterocycles. The maximum Gasteiger partial charge on any atom is 0.233 e. The molecule has 0 aromatic heterocycles. The SMILES string of the molecule is CSCCCCCCNC(=O)CNCC1CC1. The number of hydrogen-bond acceptors (Lipinski definition) is 3. The molecular formula is C13H26N2OS. The van der Waals surface area contributed by atoms with Gasteiger partial charge in [0.15, 0.2) is 0 Å². The fourth-order valence-electron chi connectivity index (χ4n) is 1.73. The van der Waals surface area contributed by atoms with Gasteiger partial charge in [0, 0.05) is 6.54 Å².